The number of halogens is 1. The molecule has 1 heterocycles. The van der Waals surface area contributed by atoms with Gasteiger partial charge in [-0.2, -0.15) is 4.98 Å². The first-order valence-corrected chi connectivity index (χ1v) is 4.32. The standard InChI is InChI=1S/C10H7FN2O2/c11-8-3-1-2-7(6-8)10-12-9(4-5-14)15-13-10/h1-3,5-6H,4H2. The summed E-state index contributed by atoms with van der Waals surface area (Å²) in [5.41, 5.74) is 0.524. The molecule has 1 aromatic heterocycles. The molecule has 0 radical (unpaired) electrons. The second kappa shape index (κ2) is 4.00. The largest absolute Gasteiger partial charge is 0.339 e. The summed E-state index contributed by atoms with van der Waals surface area (Å²) >= 11 is 0. The van der Waals surface area contributed by atoms with Crippen molar-refractivity contribution in [3.8, 4) is 11.4 Å². The molecule has 0 aliphatic heterocycles. The third-order valence-electron chi connectivity index (χ3n) is 1.81. The molecule has 0 bridgehead atoms. The first kappa shape index (κ1) is 9.51. The van der Waals surface area contributed by atoms with Crippen molar-refractivity contribution in [2.75, 3.05) is 0 Å². The molecule has 15 heavy (non-hydrogen) atoms. The van der Waals surface area contributed by atoms with E-state index in [4.69, 9.17) is 4.52 Å². The minimum Gasteiger partial charge on any atom is -0.339 e. The fourth-order valence-electron chi connectivity index (χ4n) is 1.15. The molecule has 0 aliphatic carbocycles. The van der Waals surface area contributed by atoms with E-state index >= 15 is 0 Å². The maximum Gasteiger partial charge on any atom is 0.234 e. The first-order chi connectivity index (χ1) is 7.29. The summed E-state index contributed by atoms with van der Waals surface area (Å²) in [5.74, 6) is 0.143. The third kappa shape index (κ3) is 2.07. The first-order valence-electron chi connectivity index (χ1n) is 4.32. The van der Waals surface area contributed by atoms with E-state index in [-0.39, 0.29) is 24.0 Å². The molecule has 5 heteroatoms. The highest BCUT2D eigenvalue weighted by Crippen LogP contribution is 2.16. The van der Waals surface area contributed by atoms with E-state index < -0.39 is 0 Å². The Hall–Kier alpha value is -2.04. The van der Waals surface area contributed by atoms with E-state index in [1.807, 2.05) is 0 Å². The molecular formula is C10H7FN2O2. The topological polar surface area (TPSA) is 56.0 Å². The lowest BCUT2D eigenvalue weighted by Crippen LogP contribution is -1.86. The lowest BCUT2D eigenvalue weighted by atomic mass is 10.2. The molecule has 0 saturated heterocycles. The Balaban J connectivity index is 2.32. The van der Waals surface area contributed by atoms with Crippen LogP contribution in [0, 0.1) is 5.82 Å². The SMILES string of the molecule is O=CCc1nc(-c2cccc(F)c2)no1. The van der Waals surface area contributed by atoms with Gasteiger partial charge < -0.3 is 9.32 Å². The lowest BCUT2D eigenvalue weighted by molar-refractivity contribution is -0.107. The van der Waals surface area contributed by atoms with Crippen LogP contribution in [0.3, 0.4) is 0 Å². The van der Waals surface area contributed by atoms with Crippen LogP contribution in [0.5, 0.6) is 0 Å². The van der Waals surface area contributed by atoms with Crippen LogP contribution in [-0.4, -0.2) is 16.4 Å². The van der Waals surface area contributed by atoms with E-state index in [2.05, 4.69) is 10.1 Å². The van der Waals surface area contributed by atoms with E-state index in [0.717, 1.165) is 0 Å². The number of benzene rings is 1. The maximum absolute atomic E-state index is 12.9. The Bertz CT molecular complexity index is 482. The summed E-state index contributed by atoms with van der Waals surface area (Å²) in [4.78, 5) is 14.1. The lowest BCUT2D eigenvalue weighted by Gasteiger charge is -1.92. The molecule has 0 N–H and O–H groups in total. The minimum absolute atomic E-state index is 0.0717. The summed E-state index contributed by atoms with van der Waals surface area (Å²) < 4.78 is 17.6. The molecule has 2 rings (SSSR count). The Morgan fingerprint density at radius 2 is 2.33 bits per heavy atom. The van der Waals surface area contributed by atoms with Crippen LogP contribution in [0.25, 0.3) is 11.4 Å². The van der Waals surface area contributed by atoms with Gasteiger partial charge in [0.25, 0.3) is 0 Å². The molecule has 0 spiro atoms. The van der Waals surface area contributed by atoms with Crippen molar-refractivity contribution in [1.29, 1.82) is 0 Å². The van der Waals surface area contributed by atoms with Crippen molar-refractivity contribution in [1.82, 2.24) is 10.1 Å². The monoisotopic (exact) mass is 206 g/mol. The highest BCUT2D eigenvalue weighted by Gasteiger charge is 2.08. The molecule has 4 nitrogen and oxygen atoms in total. The van der Waals surface area contributed by atoms with Crippen LogP contribution in [-0.2, 0) is 11.2 Å². The molecule has 1 aromatic carbocycles. The van der Waals surface area contributed by atoms with Gasteiger partial charge in [0.1, 0.15) is 12.1 Å². The fraction of sp³-hybridized carbons (Fsp3) is 0.100. The fourth-order valence-corrected chi connectivity index (χ4v) is 1.15. The van der Waals surface area contributed by atoms with Crippen molar-refractivity contribution in [3.63, 3.8) is 0 Å². The van der Waals surface area contributed by atoms with Gasteiger partial charge in [0.2, 0.25) is 11.7 Å². The molecule has 0 aliphatic rings. The molecule has 0 saturated carbocycles. The number of carbonyl (C=O) groups excluding carboxylic acids is 1. The van der Waals surface area contributed by atoms with Gasteiger partial charge in [-0.3, -0.25) is 0 Å². The van der Waals surface area contributed by atoms with Crippen molar-refractivity contribution in [2.24, 2.45) is 0 Å². The molecular weight excluding hydrogens is 199 g/mol. The number of aldehydes is 1. The highest BCUT2D eigenvalue weighted by atomic mass is 19.1. The summed E-state index contributed by atoms with van der Waals surface area (Å²) in [6, 6.07) is 5.85. The minimum atomic E-state index is -0.366. The summed E-state index contributed by atoms with van der Waals surface area (Å²) in [7, 11) is 0. The van der Waals surface area contributed by atoms with Crippen molar-refractivity contribution in [2.45, 2.75) is 6.42 Å². The zero-order chi connectivity index (χ0) is 10.7. The molecule has 76 valence electrons. The van der Waals surface area contributed by atoms with Crippen LogP contribution in [0.2, 0.25) is 0 Å². The quantitative estimate of drug-likeness (QED) is 0.716. The van der Waals surface area contributed by atoms with Gasteiger partial charge in [-0.15, -0.1) is 0 Å². The third-order valence-corrected chi connectivity index (χ3v) is 1.81. The Morgan fingerprint density at radius 3 is 3.07 bits per heavy atom. The van der Waals surface area contributed by atoms with Crippen LogP contribution >= 0.6 is 0 Å². The van der Waals surface area contributed by atoms with Crippen molar-refractivity contribution >= 4 is 6.29 Å². The average molecular weight is 206 g/mol. The zero-order valence-electron chi connectivity index (χ0n) is 7.68. The van der Waals surface area contributed by atoms with Crippen molar-refractivity contribution in [3.05, 3.63) is 36.0 Å². The maximum atomic E-state index is 12.9. The molecule has 2 aromatic rings. The highest BCUT2D eigenvalue weighted by molar-refractivity contribution is 5.56. The molecule has 0 unspecified atom stereocenters. The summed E-state index contributed by atoms with van der Waals surface area (Å²) in [5, 5.41) is 3.63. The van der Waals surface area contributed by atoms with Crippen LogP contribution < -0.4 is 0 Å². The number of hydrogen-bond donors (Lipinski definition) is 0. The van der Waals surface area contributed by atoms with Gasteiger partial charge in [0.15, 0.2) is 0 Å². The predicted molar refractivity (Wildman–Crippen MR) is 49.5 cm³/mol. The second-order valence-corrected chi connectivity index (χ2v) is 2.89. The Kier molecular flexibility index (Phi) is 2.53. The van der Waals surface area contributed by atoms with Gasteiger partial charge >= 0.3 is 0 Å². The number of rotatable bonds is 3. The average Bonchev–Trinajstić information content (AvgIpc) is 2.67. The van der Waals surface area contributed by atoms with Gasteiger partial charge in [-0.1, -0.05) is 17.3 Å². The van der Waals surface area contributed by atoms with E-state index in [0.29, 0.717) is 11.8 Å². The number of aromatic nitrogens is 2. The van der Waals surface area contributed by atoms with Crippen molar-refractivity contribution < 1.29 is 13.7 Å². The molecule has 0 fully saturated rings. The van der Waals surface area contributed by atoms with Crippen LogP contribution in [0.4, 0.5) is 4.39 Å². The van der Waals surface area contributed by atoms with Crippen LogP contribution in [0.1, 0.15) is 5.89 Å². The predicted octanol–water partition coefficient (Wildman–Crippen LogP) is 1.62. The van der Waals surface area contributed by atoms with Gasteiger partial charge in [0.05, 0.1) is 6.42 Å². The van der Waals surface area contributed by atoms with E-state index in [1.54, 1.807) is 12.1 Å². The van der Waals surface area contributed by atoms with E-state index in [1.165, 1.54) is 12.1 Å². The van der Waals surface area contributed by atoms with Gasteiger partial charge in [0, 0.05) is 5.56 Å². The van der Waals surface area contributed by atoms with Crippen LogP contribution in [0.15, 0.2) is 28.8 Å². The number of carbonyl (C=O) groups is 1. The Morgan fingerprint density at radius 1 is 1.47 bits per heavy atom. The zero-order valence-corrected chi connectivity index (χ0v) is 7.68. The number of nitrogens with zero attached hydrogens (tertiary/aromatic N) is 2. The van der Waals surface area contributed by atoms with Gasteiger partial charge in [-0.25, -0.2) is 4.39 Å². The summed E-state index contributed by atoms with van der Waals surface area (Å²) in [6.07, 6.45) is 0.741. The molecule has 0 atom stereocenters. The van der Waals surface area contributed by atoms with E-state index in [9.17, 15) is 9.18 Å². The summed E-state index contributed by atoms with van der Waals surface area (Å²) in [6.45, 7) is 0. The second-order valence-electron chi connectivity index (χ2n) is 2.89. The smallest absolute Gasteiger partial charge is 0.234 e. The Labute approximate surface area is 84.7 Å². The van der Waals surface area contributed by atoms with Gasteiger partial charge in [-0.05, 0) is 12.1 Å². The number of hydrogen-bond acceptors (Lipinski definition) is 4. The molecule has 0 amide bonds. The normalized spacial score (nSPS) is 10.2.